The molecule has 1 aromatic rings. The first-order valence-electron chi connectivity index (χ1n) is 9.69. The number of nitrogens with zero attached hydrogens (tertiary/aromatic N) is 1. The minimum Gasteiger partial charge on any atom is -0.451 e. The standard InChI is InChI=1S/C20H30N2O6S/c1-13(2)18(21-29(25,26)17-7-6-14(3)15(4)12-17)20(24)28-16(5)19(23)22-8-10-27-11-9-22/h6-7,12-13,16,18,21H,8-11H2,1-5H3/t16-,18+/m0/s1. The summed E-state index contributed by atoms with van der Waals surface area (Å²) in [5, 5.41) is 0. The van der Waals surface area contributed by atoms with E-state index < -0.39 is 28.1 Å². The fraction of sp³-hybridized carbons (Fsp3) is 0.600. The van der Waals surface area contributed by atoms with Crippen LogP contribution in [0.25, 0.3) is 0 Å². The van der Waals surface area contributed by atoms with Crippen molar-refractivity contribution >= 4 is 21.9 Å². The molecule has 1 amide bonds. The molecular formula is C20H30N2O6S. The first kappa shape index (κ1) is 23.3. The Morgan fingerprint density at radius 1 is 1.10 bits per heavy atom. The minimum atomic E-state index is -3.93. The number of carbonyl (C=O) groups is 2. The van der Waals surface area contributed by atoms with Crippen LogP contribution in [0.3, 0.4) is 0 Å². The smallest absolute Gasteiger partial charge is 0.325 e. The van der Waals surface area contributed by atoms with E-state index in [1.807, 2.05) is 13.8 Å². The Hall–Kier alpha value is -1.97. The monoisotopic (exact) mass is 426 g/mol. The van der Waals surface area contributed by atoms with Crippen LogP contribution in [0, 0.1) is 19.8 Å². The van der Waals surface area contributed by atoms with Gasteiger partial charge in [0.1, 0.15) is 6.04 Å². The van der Waals surface area contributed by atoms with E-state index in [1.54, 1.807) is 30.9 Å². The van der Waals surface area contributed by atoms with Gasteiger partial charge in [-0.3, -0.25) is 9.59 Å². The van der Waals surface area contributed by atoms with Crippen LogP contribution in [0.4, 0.5) is 0 Å². The molecule has 1 aromatic carbocycles. The summed E-state index contributed by atoms with van der Waals surface area (Å²) in [4.78, 5) is 26.8. The fourth-order valence-electron chi connectivity index (χ4n) is 2.91. The van der Waals surface area contributed by atoms with Gasteiger partial charge in [0.2, 0.25) is 10.0 Å². The van der Waals surface area contributed by atoms with Crippen LogP contribution in [0.5, 0.6) is 0 Å². The second-order valence-corrected chi connectivity index (χ2v) is 9.32. The van der Waals surface area contributed by atoms with E-state index in [-0.39, 0.29) is 16.7 Å². The molecule has 2 atom stereocenters. The average molecular weight is 427 g/mol. The zero-order valence-corrected chi connectivity index (χ0v) is 18.4. The normalized spacial score (nSPS) is 17.1. The summed E-state index contributed by atoms with van der Waals surface area (Å²) in [5.41, 5.74) is 1.81. The number of morpholine rings is 1. The highest BCUT2D eigenvalue weighted by Crippen LogP contribution is 2.17. The minimum absolute atomic E-state index is 0.0801. The van der Waals surface area contributed by atoms with Gasteiger partial charge in [0.05, 0.1) is 18.1 Å². The van der Waals surface area contributed by atoms with Gasteiger partial charge < -0.3 is 14.4 Å². The predicted octanol–water partition coefficient (Wildman–Crippen LogP) is 1.40. The maximum absolute atomic E-state index is 12.8. The maximum Gasteiger partial charge on any atom is 0.325 e. The third-order valence-corrected chi connectivity index (χ3v) is 6.39. The van der Waals surface area contributed by atoms with E-state index in [0.717, 1.165) is 11.1 Å². The Labute approximate surface area is 172 Å². The molecule has 0 radical (unpaired) electrons. The number of carbonyl (C=O) groups excluding carboxylic acids is 2. The number of nitrogens with one attached hydrogen (secondary N) is 1. The Morgan fingerprint density at radius 2 is 1.72 bits per heavy atom. The molecule has 8 nitrogen and oxygen atoms in total. The first-order valence-corrected chi connectivity index (χ1v) is 11.2. The second-order valence-electron chi connectivity index (χ2n) is 7.61. The number of hydrogen-bond donors (Lipinski definition) is 1. The Kier molecular flexibility index (Phi) is 7.79. The van der Waals surface area contributed by atoms with Crippen molar-refractivity contribution in [3.63, 3.8) is 0 Å². The van der Waals surface area contributed by atoms with E-state index in [4.69, 9.17) is 9.47 Å². The molecule has 1 fully saturated rings. The fourth-order valence-corrected chi connectivity index (χ4v) is 4.33. The summed E-state index contributed by atoms with van der Waals surface area (Å²) in [7, 11) is -3.93. The van der Waals surface area contributed by atoms with Crippen LogP contribution in [-0.2, 0) is 29.1 Å². The molecule has 1 aliphatic rings. The van der Waals surface area contributed by atoms with Crippen molar-refractivity contribution in [2.24, 2.45) is 5.92 Å². The number of hydrogen-bond acceptors (Lipinski definition) is 6. The van der Waals surface area contributed by atoms with E-state index in [9.17, 15) is 18.0 Å². The molecule has 29 heavy (non-hydrogen) atoms. The highest BCUT2D eigenvalue weighted by atomic mass is 32.2. The van der Waals surface area contributed by atoms with E-state index >= 15 is 0 Å². The summed E-state index contributed by atoms with van der Waals surface area (Å²) in [5.74, 6) is -1.46. The van der Waals surface area contributed by atoms with E-state index in [0.29, 0.717) is 26.3 Å². The maximum atomic E-state index is 12.8. The molecular weight excluding hydrogens is 396 g/mol. The molecule has 0 spiro atoms. The van der Waals surface area contributed by atoms with Crippen molar-refractivity contribution in [3.05, 3.63) is 29.3 Å². The lowest BCUT2D eigenvalue weighted by atomic mass is 10.1. The summed E-state index contributed by atoms with van der Waals surface area (Å²) in [6.45, 7) is 10.4. The molecule has 1 N–H and O–H groups in total. The van der Waals surface area contributed by atoms with Gasteiger partial charge in [-0.1, -0.05) is 19.9 Å². The molecule has 0 unspecified atom stereocenters. The third kappa shape index (κ3) is 6.01. The van der Waals surface area contributed by atoms with Crippen molar-refractivity contribution in [2.75, 3.05) is 26.3 Å². The largest absolute Gasteiger partial charge is 0.451 e. The van der Waals surface area contributed by atoms with Crippen molar-refractivity contribution in [1.29, 1.82) is 0 Å². The lowest BCUT2D eigenvalue weighted by Gasteiger charge is -2.30. The van der Waals surface area contributed by atoms with Gasteiger partial charge >= 0.3 is 5.97 Å². The SMILES string of the molecule is Cc1ccc(S(=O)(=O)N[C@@H](C(=O)O[C@@H](C)C(=O)N2CCOCC2)C(C)C)cc1C. The molecule has 1 saturated heterocycles. The number of sulfonamides is 1. The molecule has 9 heteroatoms. The average Bonchev–Trinajstić information content (AvgIpc) is 2.67. The van der Waals surface area contributed by atoms with E-state index in [2.05, 4.69) is 4.72 Å². The lowest BCUT2D eigenvalue weighted by Crippen LogP contribution is -2.49. The quantitative estimate of drug-likeness (QED) is 0.661. The topological polar surface area (TPSA) is 102 Å². The molecule has 1 aliphatic heterocycles. The van der Waals surface area contributed by atoms with Crippen LogP contribution in [0.1, 0.15) is 31.9 Å². The molecule has 0 bridgehead atoms. The Balaban J connectivity index is 2.10. The number of rotatable bonds is 7. The summed E-state index contributed by atoms with van der Waals surface area (Å²) < 4.78 is 38.5. The first-order chi connectivity index (χ1) is 13.5. The highest BCUT2D eigenvalue weighted by Gasteiger charge is 2.33. The van der Waals surface area contributed by atoms with Crippen LogP contribution < -0.4 is 4.72 Å². The van der Waals surface area contributed by atoms with Gasteiger partial charge in [0.15, 0.2) is 6.10 Å². The van der Waals surface area contributed by atoms with Crippen LogP contribution in [0.15, 0.2) is 23.1 Å². The summed E-state index contributed by atoms with van der Waals surface area (Å²) in [6, 6.07) is 3.67. The molecule has 1 heterocycles. The van der Waals surface area contributed by atoms with Gasteiger partial charge in [-0.25, -0.2) is 8.42 Å². The number of ether oxygens (including phenoxy) is 2. The Bertz CT molecular complexity index is 847. The number of amides is 1. The zero-order chi connectivity index (χ0) is 21.8. The molecule has 0 saturated carbocycles. The number of benzene rings is 1. The number of esters is 1. The van der Waals surface area contributed by atoms with Crippen molar-refractivity contribution in [3.8, 4) is 0 Å². The summed E-state index contributed by atoms with van der Waals surface area (Å²) >= 11 is 0. The van der Waals surface area contributed by atoms with Crippen molar-refractivity contribution in [2.45, 2.75) is 51.7 Å². The van der Waals surface area contributed by atoms with Gasteiger partial charge in [-0.15, -0.1) is 0 Å². The van der Waals surface area contributed by atoms with E-state index in [1.165, 1.54) is 13.0 Å². The van der Waals surface area contributed by atoms with Gasteiger partial charge in [0.25, 0.3) is 5.91 Å². The molecule has 2 rings (SSSR count). The van der Waals surface area contributed by atoms with Gasteiger partial charge in [-0.2, -0.15) is 4.72 Å². The number of aryl methyl sites for hydroxylation is 2. The summed E-state index contributed by atoms with van der Waals surface area (Å²) in [6.07, 6.45) is -1.01. The third-order valence-electron chi connectivity index (χ3n) is 4.95. The van der Waals surface area contributed by atoms with Gasteiger partial charge in [0, 0.05) is 13.1 Å². The zero-order valence-electron chi connectivity index (χ0n) is 17.6. The predicted molar refractivity (Wildman–Crippen MR) is 108 cm³/mol. The molecule has 162 valence electrons. The Morgan fingerprint density at radius 3 is 2.28 bits per heavy atom. The van der Waals surface area contributed by atoms with Crippen LogP contribution in [0.2, 0.25) is 0 Å². The van der Waals surface area contributed by atoms with Crippen molar-refractivity contribution < 1.29 is 27.5 Å². The molecule has 0 aliphatic carbocycles. The molecule has 0 aromatic heterocycles. The second kappa shape index (κ2) is 9.69. The van der Waals surface area contributed by atoms with Gasteiger partial charge in [-0.05, 0) is 49.9 Å². The van der Waals surface area contributed by atoms with Crippen LogP contribution >= 0.6 is 0 Å². The highest BCUT2D eigenvalue weighted by molar-refractivity contribution is 7.89. The van der Waals surface area contributed by atoms with Crippen LogP contribution in [-0.4, -0.2) is 63.6 Å². The van der Waals surface area contributed by atoms with Crippen molar-refractivity contribution in [1.82, 2.24) is 9.62 Å². The lowest BCUT2D eigenvalue weighted by molar-refractivity contribution is -0.162.